The maximum absolute atomic E-state index is 13.0. The van der Waals surface area contributed by atoms with E-state index in [2.05, 4.69) is 79.9 Å². The molecule has 7 atom stereocenters. The monoisotopic (exact) mass is 930 g/mol. The Morgan fingerprint density at radius 3 is 1.74 bits per heavy atom. The molecule has 66 heavy (non-hydrogen) atoms. The summed E-state index contributed by atoms with van der Waals surface area (Å²) in [6.45, 7) is 4.12. The molecule has 1 saturated heterocycles. The van der Waals surface area contributed by atoms with E-state index in [4.69, 9.17) is 14.2 Å². The van der Waals surface area contributed by atoms with E-state index in [1.54, 1.807) is 6.08 Å². The minimum absolute atomic E-state index is 0.0589. The van der Waals surface area contributed by atoms with Gasteiger partial charge in [0.1, 0.15) is 24.4 Å². The summed E-state index contributed by atoms with van der Waals surface area (Å²) in [6, 6.07) is -0.845. The van der Waals surface area contributed by atoms with Gasteiger partial charge in [0.25, 0.3) is 0 Å². The number of carbonyl (C=O) groups excluding carboxylic acids is 2. The van der Waals surface area contributed by atoms with Crippen LogP contribution in [0.5, 0.6) is 0 Å². The number of allylic oxidation sites excluding steroid dienone is 11. The number of ether oxygens (including phenoxy) is 3. The number of nitrogens with one attached hydrogen (secondary N) is 1. The highest BCUT2D eigenvalue weighted by atomic mass is 16.7. The topological polar surface area (TPSA) is 175 Å². The Hall–Kier alpha value is -2.90. The number of esters is 1. The molecule has 0 aromatic rings. The molecule has 1 aliphatic rings. The highest BCUT2D eigenvalue weighted by Crippen LogP contribution is 2.22. The van der Waals surface area contributed by atoms with Crippen molar-refractivity contribution in [3.63, 3.8) is 0 Å². The summed E-state index contributed by atoms with van der Waals surface area (Å²) in [7, 11) is 0. The van der Waals surface area contributed by atoms with Gasteiger partial charge in [0, 0.05) is 12.8 Å². The fourth-order valence-electron chi connectivity index (χ4n) is 7.53. The van der Waals surface area contributed by atoms with Crippen molar-refractivity contribution in [2.24, 2.45) is 0 Å². The van der Waals surface area contributed by atoms with Gasteiger partial charge >= 0.3 is 5.97 Å². The first-order chi connectivity index (χ1) is 32.2. The molecule has 7 unspecified atom stereocenters. The van der Waals surface area contributed by atoms with Gasteiger partial charge in [-0.05, 0) is 103 Å². The zero-order valence-electron chi connectivity index (χ0n) is 41.4. The van der Waals surface area contributed by atoms with Gasteiger partial charge in [0.15, 0.2) is 6.29 Å². The molecule has 0 bridgehead atoms. The Bertz CT molecular complexity index is 1330. The van der Waals surface area contributed by atoms with Crippen molar-refractivity contribution in [2.45, 2.75) is 243 Å². The van der Waals surface area contributed by atoms with Gasteiger partial charge < -0.3 is 45.1 Å². The predicted octanol–water partition coefficient (Wildman–Crippen LogP) is 10.9. The summed E-state index contributed by atoms with van der Waals surface area (Å²) in [5, 5.41) is 54.1. The third kappa shape index (κ3) is 34.4. The fourth-order valence-corrected chi connectivity index (χ4v) is 7.53. The lowest BCUT2D eigenvalue weighted by Gasteiger charge is -2.40. The normalized spacial score (nSPS) is 20.3. The summed E-state index contributed by atoms with van der Waals surface area (Å²) < 4.78 is 16.6. The average molecular weight is 930 g/mol. The minimum atomic E-state index is -1.59. The van der Waals surface area contributed by atoms with Gasteiger partial charge in [-0.15, -0.1) is 0 Å². The molecule has 1 heterocycles. The summed E-state index contributed by atoms with van der Waals surface area (Å²) in [6.07, 6.45) is 47.0. The molecule has 0 aromatic heterocycles. The molecule has 0 spiro atoms. The van der Waals surface area contributed by atoms with Crippen LogP contribution in [-0.2, 0) is 23.8 Å². The number of aliphatic hydroxyl groups excluding tert-OH is 5. The van der Waals surface area contributed by atoms with Crippen molar-refractivity contribution in [1.29, 1.82) is 0 Å². The van der Waals surface area contributed by atoms with Gasteiger partial charge in [-0.25, -0.2) is 0 Å². The zero-order valence-corrected chi connectivity index (χ0v) is 41.4. The van der Waals surface area contributed by atoms with Crippen molar-refractivity contribution in [3.8, 4) is 0 Å². The summed E-state index contributed by atoms with van der Waals surface area (Å²) in [5.74, 6) is -0.279. The van der Waals surface area contributed by atoms with E-state index in [-0.39, 0.29) is 18.5 Å². The van der Waals surface area contributed by atoms with E-state index in [0.29, 0.717) is 19.4 Å². The average Bonchev–Trinajstić information content (AvgIpc) is 3.31. The summed E-state index contributed by atoms with van der Waals surface area (Å²) in [5.41, 5.74) is 0. The lowest BCUT2D eigenvalue weighted by Crippen LogP contribution is -2.60. The van der Waals surface area contributed by atoms with E-state index < -0.39 is 49.5 Å². The molecule has 1 rings (SSSR count). The number of unbranched alkanes of at least 4 members (excludes halogenated alkanes) is 20. The molecule has 11 nitrogen and oxygen atoms in total. The van der Waals surface area contributed by atoms with Gasteiger partial charge in [-0.1, -0.05) is 157 Å². The van der Waals surface area contributed by atoms with Crippen LogP contribution in [0.3, 0.4) is 0 Å². The number of hydrogen-bond donors (Lipinski definition) is 6. The van der Waals surface area contributed by atoms with Crippen LogP contribution in [0.4, 0.5) is 0 Å². The molecule has 6 N–H and O–H groups in total. The van der Waals surface area contributed by atoms with Crippen molar-refractivity contribution >= 4 is 11.9 Å². The zero-order chi connectivity index (χ0) is 48.1. The Balaban J connectivity index is 2.18. The molecule has 380 valence electrons. The van der Waals surface area contributed by atoms with E-state index in [1.807, 2.05) is 6.08 Å². The molecule has 1 aliphatic heterocycles. The van der Waals surface area contributed by atoms with Crippen molar-refractivity contribution in [1.82, 2.24) is 5.32 Å². The quantitative estimate of drug-likeness (QED) is 0.0149. The lowest BCUT2D eigenvalue weighted by atomic mass is 9.99. The highest BCUT2D eigenvalue weighted by molar-refractivity contribution is 5.76. The molecule has 0 aliphatic carbocycles. The number of aliphatic hydroxyl groups is 5. The Morgan fingerprint density at radius 2 is 1.11 bits per heavy atom. The van der Waals surface area contributed by atoms with Crippen LogP contribution in [0.2, 0.25) is 0 Å². The lowest BCUT2D eigenvalue weighted by molar-refractivity contribution is -0.302. The molecule has 0 saturated carbocycles. The van der Waals surface area contributed by atoms with Crippen LogP contribution in [-0.4, -0.2) is 100 Å². The van der Waals surface area contributed by atoms with E-state index in [9.17, 15) is 35.1 Å². The first-order valence-corrected chi connectivity index (χ1v) is 26.2. The Labute approximate surface area is 400 Å². The maximum atomic E-state index is 13.0. The van der Waals surface area contributed by atoms with Crippen LogP contribution >= 0.6 is 0 Å². The second kappa shape index (κ2) is 44.6. The van der Waals surface area contributed by atoms with Crippen molar-refractivity contribution < 1.29 is 49.3 Å². The summed E-state index contributed by atoms with van der Waals surface area (Å²) in [4.78, 5) is 25.0. The SMILES string of the molecule is CCC/C=C\C/C=C\CCCCCCCC(=O)OCCCCC/C=C\C=C/CCCCCCCCC(=O)NC(COC1OC(CO)C(O)C(O)C1O)C(O)/C=C/CC/C=C/CCCCCC. The van der Waals surface area contributed by atoms with E-state index in [1.165, 1.54) is 57.8 Å². The van der Waals surface area contributed by atoms with Crippen molar-refractivity contribution in [2.75, 3.05) is 19.8 Å². The number of hydrogen-bond acceptors (Lipinski definition) is 10. The van der Waals surface area contributed by atoms with E-state index >= 15 is 0 Å². The van der Waals surface area contributed by atoms with Gasteiger partial charge in [0.2, 0.25) is 5.91 Å². The molecule has 1 fully saturated rings. The Morgan fingerprint density at radius 1 is 0.576 bits per heavy atom. The smallest absolute Gasteiger partial charge is 0.305 e. The van der Waals surface area contributed by atoms with Crippen LogP contribution in [0, 0.1) is 0 Å². The third-order valence-corrected chi connectivity index (χ3v) is 11.8. The second-order valence-electron chi connectivity index (χ2n) is 17.9. The van der Waals surface area contributed by atoms with Crippen LogP contribution < -0.4 is 5.32 Å². The molecule has 0 aromatic carbocycles. The second-order valence-corrected chi connectivity index (χ2v) is 17.9. The van der Waals surface area contributed by atoms with Gasteiger partial charge in [-0.2, -0.15) is 0 Å². The molecular weight excluding hydrogens is 835 g/mol. The molecule has 1 amide bonds. The Kier molecular flexibility index (Phi) is 41.3. The first kappa shape index (κ1) is 61.1. The number of amides is 1. The highest BCUT2D eigenvalue weighted by Gasteiger charge is 2.44. The minimum Gasteiger partial charge on any atom is -0.466 e. The molecule has 0 radical (unpaired) electrons. The van der Waals surface area contributed by atoms with Crippen LogP contribution in [0.25, 0.3) is 0 Å². The van der Waals surface area contributed by atoms with Crippen LogP contribution in [0.15, 0.2) is 72.9 Å². The standard InChI is InChI=1S/C55H95NO10/c1-3-5-7-9-11-13-15-19-23-27-31-35-39-43-51(60)64-44-40-36-32-28-24-21-18-16-17-20-22-26-30-34-38-42-50(59)56-47(46-65-55-54(63)53(62)52(61)49(45-57)66-55)48(58)41-37-33-29-25-14-12-10-8-6-4-2/h7,9,13-16,18,21,24-25,37,41,47-49,52-55,57-58,61-63H,3-6,8,10-12,17,19-20,22-23,26-36,38-40,42-46H2,1-2H3,(H,56,59)/b9-7-,15-13-,18-16-,24-21-,25-14+,41-37+. The fraction of sp³-hybridized carbons (Fsp3) is 0.745. The van der Waals surface area contributed by atoms with Crippen molar-refractivity contribution in [3.05, 3.63) is 72.9 Å². The van der Waals surface area contributed by atoms with Gasteiger partial charge in [0.05, 0.1) is 32.0 Å². The predicted molar refractivity (Wildman–Crippen MR) is 269 cm³/mol. The largest absolute Gasteiger partial charge is 0.466 e. The maximum Gasteiger partial charge on any atom is 0.305 e. The third-order valence-electron chi connectivity index (χ3n) is 11.8. The molecule has 11 heteroatoms. The van der Waals surface area contributed by atoms with E-state index in [0.717, 1.165) is 116 Å². The summed E-state index contributed by atoms with van der Waals surface area (Å²) >= 11 is 0. The van der Waals surface area contributed by atoms with Crippen LogP contribution in [0.1, 0.15) is 200 Å². The first-order valence-electron chi connectivity index (χ1n) is 26.2. The number of rotatable bonds is 43. The molecular formula is C55H95NO10. The number of carbonyl (C=O) groups is 2. The van der Waals surface area contributed by atoms with Gasteiger partial charge in [-0.3, -0.25) is 9.59 Å².